The zero-order valence-electron chi connectivity index (χ0n) is 18.1. The van der Waals surface area contributed by atoms with Crippen molar-refractivity contribution in [1.29, 1.82) is 0 Å². The third kappa shape index (κ3) is 4.12. The van der Waals surface area contributed by atoms with Crippen LogP contribution in [0.3, 0.4) is 0 Å². The van der Waals surface area contributed by atoms with Crippen LogP contribution in [0, 0.1) is 6.92 Å². The lowest BCUT2D eigenvalue weighted by Crippen LogP contribution is -2.29. The molecular formula is C26H23NO5. The minimum Gasteiger partial charge on any atom is -0.482 e. The van der Waals surface area contributed by atoms with Crippen LogP contribution in [0.25, 0.3) is 0 Å². The van der Waals surface area contributed by atoms with Gasteiger partial charge in [0.1, 0.15) is 11.5 Å². The summed E-state index contributed by atoms with van der Waals surface area (Å²) in [5.41, 5.74) is 3.37. The molecule has 0 radical (unpaired) electrons. The molecule has 0 N–H and O–H groups in total. The molecule has 0 spiro atoms. The summed E-state index contributed by atoms with van der Waals surface area (Å²) in [4.78, 5) is 38.7. The fourth-order valence-corrected chi connectivity index (χ4v) is 3.80. The molecule has 0 atom stereocenters. The van der Waals surface area contributed by atoms with Crippen molar-refractivity contribution in [1.82, 2.24) is 0 Å². The van der Waals surface area contributed by atoms with E-state index in [9.17, 15) is 14.4 Å². The summed E-state index contributed by atoms with van der Waals surface area (Å²) >= 11 is 0. The second-order valence-electron chi connectivity index (χ2n) is 7.92. The molecule has 0 aliphatic carbocycles. The van der Waals surface area contributed by atoms with E-state index in [-0.39, 0.29) is 12.4 Å². The summed E-state index contributed by atoms with van der Waals surface area (Å²) in [6.45, 7) is 5.98. The number of esters is 1. The van der Waals surface area contributed by atoms with Gasteiger partial charge in [-0.15, -0.1) is 0 Å². The van der Waals surface area contributed by atoms with E-state index >= 15 is 0 Å². The highest BCUT2D eigenvalue weighted by atomic mass is 16.6. The van der Waals surface area contributed by atoms with E-state index in [0.717, 1.165) is 10.5 Å². The molecule has 2 amide bonds. The van der Waals surface area contributed by atoms with Crippen LogP contribution in [0.15, 0.2) is 66.7 Å². The van der Waals surface area contributed by atoms with Gasteiger partial charge < -0.3 is 9.47 Å². The number of hydrogen-bond donors (Lipinski definition) is 0. The van der Waals surface area contributed by atoms with Crippen molar-refractivity contribution in [3.8, 4) is 11.5 Å². The number of imide groups is 1. The molecule has 0 fully saturated rings. The summed E-state index contributed by atoms with van der Waals surface area (Å²) in [7, 11) is 0. The number of anilines is 1. The van der Waals surface area contributed by atoms with Crippen molar-refractivity contribution in [2.75, 3.05) is 11.5 Å². The van der Waals surface area contributed by atoms with Crippen LogP contribution in [0.5, 0.6) is 11.5 Å². The van der Waals surface area contributed by atoms with E-state index in [4.69, 9.17) is 9.47 Å². The van der Waals surface area contributed by atoms with Gasteiger partial charge in [0.05, 0.1) is 16.8 Å². The molecular weight excluding hydrogens is 406 g/mol. The van der Waals surface area contributed by atoms with Gasteiger partial charge in [-0.1, -0.05) is 38.1 Å². The molecule has 0 aromatic heterocycles. The number of hydrogen-bond acceptors (Lipinski definition) is 5. The number of rotatable bonds is 6. The summed E-state index contributed by atoms with van der Waals surface area (Å²) in [6.07, 6.45) is 0. The van der Waals surface area contributed by atoms with Crippen LogP contribution in [0.2, 0.25) is 0 Å². The van der Waals surface area contributed by atoms with E-state index in [1.165, 1.54) is 11.6 Å². The van der Waals surface area contributed by atoms with Gasteiger partial charge in [0.15, 0.2) is 6.61 Å². The first-order valence-electron chi connectivity index (χ1n) is 10.4. The molecule has 1 aliphatic heterocycles. The summed E-state index contributed by atoms with van der Waals surface area (Å²) in [5, 5.41) is 0. The predicted octanol–water partition coefficient (Wildman–Crippen LogP) is 4.90. The van der Waals surface area contributed by atoms with Gasteiger partial charge in [0.25, 0.3) is 11.8 Å². The maximum absolute atomic E-state index is 12.7. The van der Waals surface area contributed by atoms with E-state index in [0.29, 0.717) is 28.5 Å². The van der Waals surface area contributed by atoms with Crippen LogP contribution in [-0.4, -0.2) is 24.4 Å². The maximum Gasteiger partial charge on any atom is 0.349 e. The highest BCUT2D eigenvalue weighted by Crippen LogP contribution is 2.30. The molecule has 0 saturated heterocycles. The van der Waals surface area contributed by atoms with Gasteiger partial charge in [0.2, 0.25) is 0 Å². The number of aryl methyl sites for hydroxylation is 1. The van der Waals surface area contributed by atoms with Crippen LogP contribution < -0.4 is 14.4 Å². The highest BCUT2D eigenvalue weighted by molar-refractivity contribution is 6.34. The molecule has 6 heteroatoms. The molecule has 1 aliphatic rings. The lowest BCUT2D eigenvalue weighted by atomic mass is 9.98. The average Bonchev–Trinajstić information content (AvgIpc) is 3.02. The monoisotopic (exact) mass is 429 g/mol. The Morgan fingerprint density at radius 3 is 2.19 bits per heavy atom. The van der Waals surface area contributed by atoms with E-state index < -0.39 is 17.8 Å². The molecule has 32 heavy (non-hydrogen) atoms. The number of fused-ring (bicyclic) bond motifs is 1. The smallest absolute Gasteiger partial charge is 0.349 e. The van der Waals surface area contributed by atoms with Gasteiger partial charge in [0, 0.05) is 6.07 Å². The Hall–Kier alpha value is -3.93. The third-order valence-electron chi connectivity index (χ3n) is 5.32. The minimum atomic E-state index is -0.588. The third-order valence-corrected chi connectivity index (χ3v) is 5.32. The second kappa shape index (κ2) is 8.67. The number of amides is 2. The van der Waals surface area contributed by atoms with Gasteiger partial charge in [-0.2, -0.15) is 0 Å². The number of nitrogens with zero attached hydrogens (tertiary/aromatic N) is 1. The quantitative estimate of drug-likeness (QED) is 0.316. The Morgan fingerprint density at radius 1 is 0.875 bits per heavy atom. The minimum absolute atomic E-state index is 0.221. The SMILES string of the molecule is Cc1cc(OCC(=O)Oc2cccc(N3C(=O)c4ccccc4C3=O)c2)ccc1C(C)C. The van der Waals surface area contributed by atoms with Crippen LogP contribution in [0.4, 0.5) is 5.69 Å². The Balaban J connectivity index is 1.42. The van der Waals surface area contributed by atoms with Gasteiger partial charge >= 0.3 is 5.97 Å². The van der Waals surface area contributed by atoms with E-state index in [1.807, 2.05) is 25.1 Å². The first kappa shape index (κ1) is 21.3. The molecule has 162 valence electrons. The average molecular weight is 429 g/mol. The number of carbonyl (C=O) groups excluding carboxylic acids is 3. The molecule has 1 heterocycles. The Bertz CT molecular complexity index is 1180. The van der Waals surface area contributed by atoms with Gasteiger partial charge in [-0.25, -0.2) is 9.69 Å². The molecule has 3 aromatic rings. The standard InChI is InChI=1S/C26H23NO5/c1-16(2)21-12-11-19(13-17(21)3)31-15-24(28)32-20-8-6-7-18(14-20)27-25(29)22-9-4-5-10-23(22)26(27)30/h4-14,16H,15H2,1-3H3. The van der Waals surface area contributed by atoms with Crippen LogP contribution >= 0.6 is 0 Å². The lowest BCUT2D eigenvalue weighted by Gasteiger charge is -2.15. The van der Waals surface area contributed by atoms with Gasteiger partial charge in [-0.05, 0) is 60.4 Å². The van der Waals surface area contributed by atoms with Crippen LogP contribution in [-0.2, 0) is 4.79 Å². The maximum atomic E-state index is 12.7. The topological polar surface area (TPSA) is 72.9 Å². The fraction of sp³-hybridized carbons (Fsp3) is 0.192. The first-order valence-corrected chi connectivity index (χ1v) is 10.4. The normalized spacial score (nSPS) is 12.8. The fourth-order valence-electron chi connectivity index (χ4n) is 3.80. The van der Waals surface area contributed by atoms with Crippen molar-refractivity contribution in [3.05, 3.63) is 89.0 Å². The van der Waals surface area contributed by atoms with Crippen LogP contribution in [0.1, 0.15) is 51.6 Å². The Morgan fingerprint density at radius 2 is 1.56 bits per heavy atom. The molecule has 3 aromatic carbocycles. The van der Waals surface area contributed by atoms with E-state index in [1.54, 1.807) is 42.5 Å². The van der Waals surface area contributed by atoms with Crippen molar-refractivity contribution >= 4 is 23.5 Å². The number of carbonyl (C=O) groups is 3. The largest absolute Gasteiger partial charge is 0.482 e. The molecule has 0 bridgehead atoms. The van der Waals surface area contributed by atoms with Crippen molar-refractivity contribution in [2.45, 2.75) is 26.7 Å². The summed E-state index contributed by atoms with van der Waals surface area (Å²) in [5.74, 6) is -0.184. The lowest BCUT2D eigenvalue weighted by molar-refractivity contribution is -0.136. The molecule has 0 unspecified atom stereocenters. The molecule has 6 nitrogen and oxygen atoms in total. The Kier molecular flexibility index (Phi) is 5.77. The summed E-state index contributed by atoms with van der Waals surface area (Å²) < 4.78 is 10.9. The van der Waals surface area contributed by atoms with Crippen molar-refractivity contribution < 1.29 is 23.9 Å². The zero-order chi connectivity index (χ0) is 22.8. The predicted molar refractivity (Wildman–Crippen MR) is 120 cm³/mol. The Labute approximate surface area is 186 Å². The summed E-state index contributed by atoms with van der Waals surface area (Å²) in [6, 6.07) is 18.7. The van der Waals surface area contributed by atoms with Gasteiger partial charge in [-0.3, -0.25) is 9.59 Å². The van der Waals surface area contributed by atoms with Crippen molar-refractivity contribution in [2.24, 2.45) is 0 Å². The highest BCUT2D eigenvalue weighted by Gasteiger charge is 2.36. The first-order chi connectivity index (χ1) is 15.3. The zero-order valence-corrected chi connectivity index (χ0v) is 18.1. The molecule has 4 rings (SSSR count). The molecule has 0 saturated carbocycles. The number of benzene rings is 3. The number of ether oxygens (including phenoxy) is 2. The van der Waals surface area contributed by atoms with E-state index in [2.05, 4.69) is 13.8 Å². The second-order valence-corrected chi connectivity index (χ2v) is 7.92. The van der Waals surface area contributed by atoms with Crippen molar-refractivity contribution in [3.63, 3.8) is 0 Å².